The number of ether oxygens (including phenoxy) is 1. The standard InChI is InChI=1S/C17H23N3O3/c1-5-20(6-2)13-9-7-12(8-10-13)15-14(16(21)23-4)11(3)18-17(22)19-15/h7-10,15H,5-6H2,1-4H3,(H2,18,19,22). The first kappa shape index (κ1) is 16.9. The molecule has 0 saturated heterocycles. The summed E-state index contributed by atoms with van der Waals surface area (Å²) in [6.07, 6.45) is 0. The van der Waals surface area contributed by atoms with Gasteiger partial charge in [-0.15, -0.1) is 0 Å². The van der Waals surface area contributed by atoms with Crippen molar-refractivity contribution in [1.82, 2.24) is 10.6 Å². The molecule has 0 fully saturated rings. The van der Waals surface area contributed by atoms with Crippen LogP contribution in [0.4, 0.5) is 10.5 Å². The van der Waals surface area contributed by atoms with E-state index in [-0.39, 0.29) is 6.03 Å². The minimum atomic E-state index is -0.512. The van der Waals surface area contributed by atoms with E-state index < -0.39 is 12.0 Å². The SMILES string of the molecule is CCN(CC)c1ccc(C2NC(=O)NC(C)=C2C(=O)OC)cc1. The monoisotopic (exact) mass is 317 g/mol. The summed E-state index contributed by atoms with van der Waals surface area (Å²) in [4.78, 5) is 26.0. The summed E-state index contributed by atoms with van der Waals surface area (Å²) >= 11 is 0. The van der Waals surface area contributed by atoms with Crippen LogP contribution in [0.15, 0.2) is 35.5 Å². The number of hydrogen-bond donors (Lipinski definition) is 2. The first-order chi connectivity index (χ1) is 11.0. The molecule has 2 rings (SSSR count). The summed E-state index contributed by atoms with van der Waals surface area (Å²) in [6, 6.07) is 7.02. The van der Waals surface area contributed by atoms with E-state index in [0.717, 1.165) is 24.3 Å². The Labute approximate surface area is 136 Å². The van der Waals surface area contributed by atoms with Crippen LogP contribution >= 0.6 is 0 Å². The number of anilines is 1. The van der Waals surface area contributed by atoms with Crippen LogP contribution in [0.3, 0.4) is 0 Å². The number of hydrogen-bond acceptors (Lipinski definition) is 4. The fourth-order valence-corrected chi connectivity index (χ4v) is 2.79. The Morgan fingerprint density at radius 1 is 1.22 bits per heavy atom. The minimum absolute atomic E-state index is 0.326. The summed E-state index contributed by atoms with van der Waals surface area (Å²) in [6.45, 7) is 7.75. The molecule has 1 heterocycles. The summed E-state index contributed by atoms with van der Waals surface area (Å²) in [5.41, 5.74) is 2.89. The van der Waals surface area contributed by atoms with Crippen molar-refractivity contribution in [3.05, 3.63) is 41.1 Å². The average Bonchev–Trinajstić information content (AvgIpc) is 2.55. The van der Waals surface area contributed by atoms with Gasteiger partial charge >= 0.3 is 12.0 Å². The van der Waals surface area contributed by atoms with Crippen LogP contribution in [0.5, 0.6) is 0 Å². The maximum atomic E-state index is 12.1. The topological polar surface area (TPSA) is 70.7 Å². The molecule has 0 bridgehead atoms. The van der Waals surface area contributed by atoms with Crippen molar-refractivity contribution in [2.75, 3.05) is 25.1 Å². The normalized spacial score (nSPS) is 17.4. The molecule has 2 N–H and O–H groups in total. The largest absolute Gasteiger partial charge is 0.466 e. The number of allylic oxidation sites excluding steroid dienone is 1. The number of rotatable bonds is 5. The van der Waals surface area contributed by atoms with Crippen molar-refractivity contribution in [3.63, 3.8) is 0 Å². The first-order valence-corrected chi connectivity index (χ1v) is 7.73. The summed E-state index contributed by atoms with van der Waals surface area (Å²) < 4.78 is 4.85. The Balaban J connectivity index is 2.36. The molecule has 23 heavy (non-hydrogen) atoms. The molecular formula is C17H23N3O3. The van der Waals surface area contributed by atoms with Gasteiger partial charge in [0.25, 0.3) is 0 Å². The van der Waals surface area contributed by atoms with Crippen LogP contribution in [0.25, 0.3) is 0 Å². The third kappa shape index (κ3) is 3.47. The number of esters is 1. The number of urea groups is 1. The number of nitrogens with one attached hydrogen (secondary N) is 2. The molecule has 1 atom stereocenters. The van der Waals surface area contributed by atoms with Gasteiger partial charge in [0.05, 0.1) is 18.7 Å². The molecule has 0 radical (unpaired) electrons. The number of methoxy groups -OCH3 is 1. The fraction of sp³-hybridized carbons (Fsp3) is 0.412. The molecule has 2 amide bonds. The first-order valence-electron chi connectivity index (χ1n) is 7.73. The lowest BCUT2D eigenvalue weighted by atomic mass is 9.95. The number of nitrogens with zero attached hydrogens (tertiary/aromatic N) is 1. The Bertz CT molecular complexity index is 618. The average molecular weight is 317 g/mol. The van der Waals surface area contributed by atoms with E-state index in [0.29, 0.717) is 11.3 Å². The van der Waals surface area contributed by atoms with Crippen molar-refractivity contribution in [3.8, 4) is 0 Å². The van der Waals surface area contributed by atoms with Gasteiger partial charge in [-0.05, 0) is 38.5 Å². The van der Waals surface area contributed by atoms with Gasteiger partial charge in [-0.25, -0.2) is 9.59 Å². The molecule has 0 aliphatic carbocycles. The molecule has 6 heteroatoms. The second kappa shape index (κ2) is 7.17. The van der Waals surface area contributed by atoms with Crippen molar-refractivity contribution in [2.24, 2.45) is 0 Å². The predicted octanol–water partition coefficient (Wildman–Crippen LogP) is 2.33. The summed E-state index contributed by atoms with van der Waals surface area (Å²) in [5.74, 6) is -0.451. The second-order valence-corrected chi connectivity index (χ2v) is 5.33. The van der Waals surface area contributed by atoms with E-state index in [1.54, 1.807) is 6.92 Å². The molecule has 1 aliphatic heterocycles. The number of amides is 2. The van der Waals surface area contributed by atoms with Crippen LogP contribution in [-0.4, -0.2) is 32.2 Å². The lowest BCUT2D eigenvalue weighted by Gasteiger charge is -2.28. The van der Waals surface area contributed by atoms with Gasteiger partial charge in [0.1, 0.15) is 0 Å². The van der Waals surface area contributed by atoms with Crippen LogP contribution in [0, 0.1) is 0 Å². The lowest BCUT2D eigenvalue weighted by Crippen LogP contribution is -2.45. The van der Waals surface area contributed by atoms with E-state index in [9.17, 15) is 9.59 Å². The highest BCUT2D eigenvalue weighted by Crippen LogP contribution is 2.28. The molecule has 0 saturated carbocycles. The van der Waals surface area contributed by atoms with E-state index in [1.165, 1.54) is 7.11 Å². The third-order valence-electron chi connectivity index (χ3n) is 4.03. The van der Waals surface area contributed by atoms with Crippen molar-refractivity contribution in [1.29, 1.82) is 0 Å². The van der Waals surface area contributed by atoms with Gasteiger partial charge in [0.15, 0.2) is 0 Å². The van der Waals surface area contributed by atoms with Crippen LogP contribution < -0.4 is 15.5 Å². The van der Waals surface area contributed by atoms with Crippen molar-refractivity contribution < 1.29 is 14.3 Å². The summed E-state index contributed by atoms with van der Waals surface area (Å²) in [7, 11) is 1.33. The van der Waals surface area contributed by atoms with E-state index in [2.05, 4.69) is 29.4 Å². The molecule has 0 spiro atoms. The Morgan fingerprint density at radius 2 is 1.83 bits per heavy atom. The Morgan fingerprint density at radius 3 is 2.35 bits per heavy atom. The zero-order valence-corrected chi connectivity index (χ0v) is 14.0. The van der Waals surface area contributed by atoms with Gasteiger partial charge in [-0.3, -0.25) is 0 Å². The van der Waals surface area contributed by atoms with E-state index >= 15 is 0 Å². The Kier molecular flexibility index (Phi) is 5.26. The van der Waals surface area contributed by atoms with E-state index in [4.69, 9.17) is 4.74 Å². The molecule has 1 aromatic carbocycles. The van der Waals surface area contributed by atoms with Gasteiger partial charge in [-0.2, -0.15) is 0 Å². The number of carbonyl (C=O) groups is 2. The molecule has 0 aromatic heterocycles. The Hall–Kier alpha value is -2.50. The zero-order chi connectivity index (χ0) is 17.0. The van der Waals surface area contributed by atoms with Crippen LogP contribution in [0.2, 0.25) is 0 Å². The van der Waals surface area contributed by atoms with Gasteiger partial charge in [0.2, 0.25) is 0 Å². The second-order valence-electron chi connectivity index (χ2n) is 5.33. The highest BCUT2D eigenvalue weighted by Gasteiger charge is 2.31. The smallest absolute Gasteiger partial charge is 0.337 e. The molecule has 1 aromatic rings. The molecule has 6 nitrogen and oxygen atoms in total. The highest BCUT2D eigenvalue weighted by molar-refractivity contribution is 5.94. The maximum absolute atomic E-state index is 12.1. The van der Waals surface area contributed by atoms with Crippen LogP contribution in [0.1, 0.15) is 32.4 Å². The van der Waals surface area contributed by atoms with Crippen molar-refractivity contribution in [2.45, 2.75) is 26.8 Å². The van der Waals surface area contributed by atoms with Gasteiger partial charge in [-0.1, -0.05) is 12.1 Å². The van der Waals surface area contributed by atoms with Crippen LogP contribution in [-0.2, 0) is 9.53 Å². The molecular weight excluding hydrogens is 294 g/mol. The molecule has 1 unspecified atom stereocenters. The summed E-state index contributed by atoms with van der Waals surface area (Å²) in [5, 5.41) is 5.40. The molecule has 1 aliphatic rings. The third-order valence-corrected chi connectivity index (χ3v) is 4.03. The predicted molar refractivity (Wildman–Crippen MR) is 89.1 cm³/mol. The van der Waals surface area contributed by atoms with E-state index in [1.807, 2.05) is 24.3 Å². The zero-order valence-electron chi connectivity index (χ0n) is 14.0. The highest BCUT2D eigenvalue weighted by atomic mass is 16.5. The quantitative estimate of drug-likeness (QED) is 0.818. The molecule has 124 valence electrons. The number of benzene rings is 1. The maximum Gasteiger partial charge on any atom is 0.337 e. The minimum Gasteiger partial charge on any atom is -0.466 e. The number of carbonyl (C=O) groups excluding carboxylic acids is 2. The lowest BCUT2D eigenvalue weighted by molar-refractivity contribution is -0.136. The van der Waals surface area contributed by atoms with Gasteiger partial charge < -0.3 is 20.3 Å². The van der Waals surface area contributed by atoms with Crippen molar-refractivity contribution >= 4 is 17.7 Å². The fourth-order valence-electron chi connectivity index (χ4n) is 2.79. The van der Waals surface area contributed by atoms with Gasteiger partial charge in [0, 0.05) is 24.5 Å².